The van der Waals surface area contributed by atoms with Crippen LogP contribution in [0, 0.1) is 55.3 Å². The van der Waals surface area contributed by atoms with Crippen LogP contribution in [0.25, 0.3) is 21.7 Å². The second kappa shape index (κ2) is 13.9. The van der Waals surface area contributed by atoms with Crippen LogP contribution in [-0.4, -0.2) is 43.6 Å². The number of hydrogen-bond donors (Lipinski definition) is 1. The monoisotopic (exact) mass is 724 g/mol. The Morgan fingerprint density at radius 3 is 1.85 bits per heavy atom. The number of ketones is 1. The van der Waals surface area contributed by atoms with Crippen LogP contribution in [0.3, 0.4) is 0 Å². The zero-order valence-corrected chi connectivity index (χ0v) is 27.9. The third-order valence-corrected chi connectivity index (χ3v) is 12.3. The molecule has 0 bridgehead atoms. The molecule has 3 rings (SSSR count). The number of nitrogens with zero attached hydrogens (tertiary/aromatic N) is 1. The zero-order chi connectivity index (χ0) is 29.4. The van der Waals surface area contributed by atoms with Gasteiger partial charge in [-0.15, -0.1) is 0 Å². The smallest absolute Gasteiger partial charge is 0.455 e. The number of aromatic hydroxyl groups is 1. The molecule has 11 heteroatoms. The van der Waals surface area contributed by atoms with E-state index in [4.69, 9.17) is 0 Å². The molecule has 0 unspecified atom stereocenters. The van der Waals surface area contributed by atoms with Crippen molar-refractivity contribution in [1.82, 2.24) is 4.57 Å². The van der Waals surface area contributed by atoms with Crippen LogP contribution in [0.2, 0.25) is 0 Å². The number of benzene rings is 2. The van der Waals surface area contributed by atoms with Crippen molar-refractivity contribution in [1.29, 1.82) is 0 Å². The summed E-state index contributed by atoms with van der Waals surface area (Å²) in [5.41, 5.74) is -2.09. The fourth-order valence-corrected chi connectivity index (χ4v) is 9.06. The minimum Gasteiger partial charge on any atom is -0.506 e. The van der Waals surface area contributed by atoms with Crippen molar-refractivity contribution in [2.45, 2.75) is 85.3 Å². The van der Waals surface area contributed by atoms with E-state index in [0.29, 0.717) is 16.8 Å². The quantitative estimate of drug-likeness (QED) is 0.172. The molecule has 1 aromatic heterocycles. The molecule has 1 radical (unpaired) electrons. The van der Waals surface area contributed by atoms with E-state index in [1.807, 2.05) is 0 Å². The number of carbonyl (C=O) groups is 1. The number of aryl methyl sites for hydroxylation is 1. The van der Waals surface area contributed by atoms with Gasteiger partial charge in [-0.1, -0.05) is 85.7 Å². The van der Waals surface area contributed by atoms with Crippen molar-refractivity contribution in [3.63, 3.8) is 0 Å². The molecule has 0 spiro atoms. The molecule has 0 aliphatic heterocycles. The first-order valence-corrected chi connectivity index (χ1v) is 14.6. The molecule has 0 amide bonds. The van der Waals surface area contributed by atoms with Gasteiger partial charge in [0.2, 0.25) is 0 Å². The van der Waals surface area contributed by atoms with Crippen molar-refractivity contribution in [2.24, 2.45) is 5.92 Å². The number of pyridine rings is 1. The average molecular weight is 724 g/mol. The maximum absolute atomic E-state index is 13.1. The van der Waals surface area contributed by atoms with Gasteiger partial charge in [0.1, 0.15) is 11.3 Å². The normalized spacial score (nSPS) is 12.4. The fraction of sp³-hybridized carbons (Fsp3) is 0.517. The van der Waals surface area contributed by atoms with Crippen molar-refractivity contribution < 1.29 is 82.5 Å². The number of fused-ring (bicyclic) bond motifs is 3. The summed E-state index contributed by atoms with van der Waals surface area (Å²) in [6, 6.07) is 10.0. The van der Waals surface area contributed by atoms with E-state index in [9.17, 15) is 32.4 Å². The summed E-state index contributed by atoms with van der Waals surface area (Å²) in [7, 11) is -2.14. The number of halogens is 3. The van der Waals surface area contributed by atoms with Crippen LogP contribution >= 0.6 is 7.14 Å². The van der Waals surface area contributed by atoms with E-state index in [1.165, 1.54) is 6.07 Å². The second-order valence-corrected chi connectivity index (χ2v) is 16.5. The molecular weight excluding hydrogens is 682 g/mol. The van der Waals surface area contributed by atoms with E-state index in [2.05, 4.69) is 55.4 Å². The molecule has 0 aliphatic carbocycles. The molecule has 1 heterocycles. The van der Waals surface area contributed by atoms with Crippen molar-refractivity contribution in [3.8, 4) is 5.75 Å². The van der Waals surface area contributed by atoms with Crippen LogP contribution in [0.1, 0.15) is 72.7 Å². The van der Waals surface area contributed by atoms with Crippen molar-refractivity contribution in [2.75, 3.05) is 6.16 Å². The van der Waals surface area contributed by atoms with Crippen LogP contribution in [0.4, 0.5) is 13.2 Å². The van der Waals surface area contributed by atoms with E-state index >= 15 is 0 Å². The van der Waals surface area contributed by atoms with Crippen LogP contribution in [0.15, 0.2) is 41.2 Å². The molecule has 0 fully saturated rings. The molecule has 3 aromatic rings. The van der Waals surface area contributed by atoms with Crippen molar-refractivity contribution in [3.05, 3.63) is 52.3 Å². The molecule has 0 atom stereocenters. The number of Topliss-reactive ketones (excluding diaryl/α,β-unsaturated/α-hetero) is 1. The predicted molar refractivity (Wildman–Crippen MR) is 154 cm³/mol. The maximum atomic E-state index is 13.1. The van der Waals surface area contributed by atoms with E-state index < -0.39 is 36.0 Å². The Labute approximate surface area is 274 Å². The largest absolute Gasteiger partial charge is 0.506 e. The molecular formula is C29H41EuF3NO5P. The summed E-state index contributed by atoms with van der Waals surface area (Å²) in [5, 5.41) is 11.5. The van der Waals surface area contributed by atoms with Crippen molar-refractivity contribution >= 4 is 34.6 Å². The maximum Gasteiger partial charge on any atom is 0.455 e. The molecule has 40 heavy (non-hydrogen) atoms. The van der Waals surface area contributed by atoms with Gasteiger partial charge in [0, 0.05) is 83.2 Å². The fourth-order valence-electron chi connectivity index (χ4n) is 4.93. The van der Waals surface area contributed by atoms with Gasteiger partial charge in [-0.3, -0.25) is 9.59 Å². The number of aromatic nitrogens is 1. The van der Waals surface area contributed by atoms with Gasteiger partial charge in [-0.05, 0) is 24.3 Å². The Balaban J connectivity index is 0.000000829. The first-order valence-electron chi connectivity index (χ1n) is 12.7. The van der Waals surface area contributed by atoms with Gasteiger partial charge in [0.25, 0.3) is 11.3 Å². The van der Waals surface area contributed by atoms with Gasteiger partial charge in [0.05, 0.1) is 12.7 Å². The predicted octanol–water partition coefficient (Wildman–Crippen LogP) is 7.40. The van der Waals surface area contributed by atoms with E-state index in [0.717, 1.165) is 16.1 Å². The molecule has 2 aromatic carbocycles. The summed E-state index contributed by atoms with van der Waals surface area (Å²) >= 11 is 0. The number of carbonyl (C=O) groups excluding carboxylic acids is 1. The average Bonchev–Trinajstić information content (AvgIpc) is 2.77. The van der Waals surface area contributed by atoms with E-state index in [1.54, 1.807) is 37.3 Å². The summed E-state index contributed by atoms with van der Waals surface area (Å²) < 4.78 is 52.5. The Bertz CT molecular complexity index is 1430. The molecule has 0 aliphatic rings. The summed E-state index contributed by atoms with van der Waals surface area (Å²) in [4.78, 5) is 24.0. The summed E-state index contributed by atoms with van der Waals surface area (Å²) in [6.07, 6.45) is -4.38. The Morgan fingerprint density at radius 2 is 1.45 bits per heavy atom. The topological polar surface area (TPSA) is 108 Å². The second-order valence-electron chi connectivity index (χ2n) is 11.9. The molecule has 225 valence electrons. The summed E-state index contributed by atoms with van der Waals surface area (Å²) in [6.45, 7) is 18.6. The number of hydrogen-bond acceptors (Lipinski definition) is 4. The third kappa shape index (κ3) is 7.86. The minimum atomic E-state index is -5.24. The molecule has 0 saturated heterocycles. The Morgan fingerprint density at radius 1 is 0.950 bits per heavy atom. The third-order valence-electron chi connectivity index (χ3n) is 6.71. The zero-order valence-electron chi connectivity index (χ0n) is 24.5. The van der Waals surface area contributed by atoms with Crippen LogP contribution in [0.5, 0.6) is 5.75 Å². The summed E-state index contributed by atoms with van der Waals surface area (Å²) in [5.74, 6) is -2.77. The van der Waals surface area contributed by atoms with Gasteiger partial charge >= 0.3 is 6.18 Å². The van der Waals surface area contributed by atoms with Gasteiger partial charge in [-0.25, -0.2) is 0 Å². The van der Waals surface area contributed by atoms with Gasteiger partial charge < -0.3 is 19.7 Å². The van der Waals surface area contributed by atoms with Gasteiger partial charge in [0.15, 0.2) is 0 Å². The molecule has 3 N–H and O–H groups in total. The number of rotatable bonds is 4. The molecule has 0 saturated carbocycles. The number of alkyl halides is 3. The standard InChI is InChI=1S/C17H12F3NO3.C12H27OP.Eu.H2O/c1-2-21-13-10-6-4-3-5-9(10)7-8-11(13)14(22)12(16(21)24)15(23)17(18,19)20;1-10(2)9-14(13,11(3,4)5)12(6,7)8;;/h3-8,22H,2H2,1H3;10H,9H2,1-8H3;;1H2. The first kappa shape index (κ1) is 38.9. The van der Waals surface area contributed by atoms with Crippen LogP contribution in [-0.2, 0) is 11.1 Å². The minimum absolute atomic E-state index is 0. The van der Waals surface area contributed by atoms with Crippen LogP contribution < -0.4 is 5.56 Å². The van der Waals surface area contributed by atoms with Gasteiger partial charge in [-0.2, -0.15) is 13.2 Å². The SMILES string of the molecule is CC(C)CP(=O)(C(C)(C)C)C(C)(C)C.CCn1c(=O)c(C(=O)C(F)(F)F)c(O)c2ccc3ccccc3c21.O.[Eu]. The first-order chi connectivity index (χ1) is 17.2. The molecule has 6 nitrogen and oxygen atoms in total. The Kier molecular flexibility index (Phi) is 13.6. The van der Waals surface area contributed by atoms with E-state index in [-0.39, 0.29) is 77.1 Å². The Hall–Kier alpha value is -1.06.